The average molecular weight is 336 g/mol. The van der Waals surface area contributed by atoms with Gasteiger partial charge >= 0.3 is 11.9 Å². The van der Waals surface area contributed by atoms with Crippen molar-refractivity contribution in [2.75, 3.05) is 13.2 Å². The van der Waals surface area contributed by atoms with Gasteiger partial charge in [-0.2, -0.15) is 0 Å². The summed E-state index contributed by atoms with van der Waals surface area (Å²) >= 11 is 0. The summed E-state index contributed by atoms with van der Waals surface area (Å²) < 4.78 is 10.2. The van der Waals surface area contributed by atoms with Gasteiger partial charge in [-0.3, -0.25) is 0 Å². The number of benzene rings is 1. The van der Waals surface area contributed by atoms with Crippen LogP contribution in [-0.2, 0) is 19.1 Å². The van der Waals surface area contributed by atoms with Gasteiger partial charge < -0.3 is 19.7 Å². The molecular formula is C18H24O6. The minimum absolute atomic E-state index is 0.218. The molecule has 0 aliphatic heterocycles. The highest BCUT2D eigenvalue weighted by Crippen LogP contribution is 2.26. The predicted molar refractivity (Wildman–Crippen MR) is 89.5 cm³/mol. The van der Waals surface area contributed by atoms with Crippen LogP contribution < -0.4 is 0 Å². The first-order chi connectivity index (χ1) is 11.5. The van der Waals surface area contributed by atoms with Crippen molar-refractivity contribution in [3.63, 3.8) is 0 Å². The van der Waals surface area contributed by atoms with E-state index in [1.54, 1.807) is 0 Å². The van der Waals surface area contributed by atoms with Gasteiger partial charge in [0.1, 0.15) is 5.57 Å². The maximum atomic E-state index is 12.1. The molecule has 0 atom stereocenters. The molecule has 0 saturated heterocycles. The lowest BCUT2D eigenvalue weighted by Crippen LogP contribution is -2.19. The molecular weight excluding hydrogens is 312 g/mol. The number of carbonyl (C=O) groups is 2. The second kappa shape index (κ2) is 10.3. The van der Waals surface area contributed by atoms with Crippen molar-refractivity contribution >= 4 is 18.0 Å². The highest BCUT2D eigenvalue weighted by molar-refractivity contribution is 6.17. The number of phenolic OH excluding ortho intramolecular Hbond substituents is 2. The molecule has 24 heavy (non-hydrogen) atoms. The van der Waals surface area contributed by atoms with Crippen molar-refractivity contribution in [2.45, 2.75) is 39.5 Å². The van der Waals surface area contributed by atoms with E-state index >= 15 is 0 Å². The highest BCUT2D eigenvalue weighted by atomic mass is 16.6. The summed E-state index contributed by atoms with van der Waals surface area (Å²) in [6.45, 7) is 4.36. The van der Waals surface area contributed by atoms with E-state index in [9.17, 15) is 19.8 Å². The van der Waals surface area contributed by atoms with E-state index in [0.29, 0.717) is 18.4 Å². The van der Waals surface area contributed by atoms with Gasteiger partial charge in [-0.15, -0.1) is 0 Å². The Morgan fingerprint density at radius 2 is 1.50 bits per heavy atom. The van der Waals surface area contributed by atoms with E-state index < -0.39 is 11.9 Å². The van der Waals surface area contributed by atoms with Gasteiger partial charge in [-0.05, 0) is 36.6 Å². The Labute approximate surface area is 141 Å². The molecule has 0 aliphatic rings. The van der Waals surface area contributed by atoms with Gasteiger partial charge in [-0.25, -0.2) is 9.59 Å². The minimum atomic E-state index is -0.766. The Balaban J connectivity index is 2.97. The molecule has 1 rings (SSSR count). The van der Waals surface area contributed by atoms with Crippen molar-refractivity contribution in [3.05, 3.63) is 29.3 Å². The summed E-state index contributed by atoms with van der Waals surface area (Å²) in [5.41, 5.74) is 0.132. The van der Waals surface area contributed by atoms with Gasteiger partial charge in [0.15, 0.2) is 11.5 Å². The third kappa shape index (κ3) is 6.32. The van der Waals surface area contributed by atoms with Crippen LogP contribution in [0.3, 0.4) is 0 Å². The average Bonchev–Trinajstić information content (AvgIpc) is 2.56. The zero-order valence-corrected chi connectivity index (χ0v) is 14.1. The van der Waals surface area contributed by atoms with Crippen LogP contribution in [0.5, 0.6) is 11.5 Å². The lowest BCUT2D eigenvalue weighted by molar-refractivity contribution is -0.147. The Kier molecular flexibility index (Phi) is 8.39. The molecule has 2 N–H and O–H groups in total. The normalized spacial score (nSPS) is 10.1. The maximum absolute atomic E-state index is 12.1. The minimum Gasteiger partial charge on any atom is -0.504 e. The fraction of sp³-hybridized carbons (Fsp3) is 0.444. The van der Waals surface area contributed by atoms with E-state index in [1.165, 1.54) is 24.3 Å². The number of carbonyl (C=O) groups excluding carboxylic acids is 2. The fourth-order valence-electron chi connectivity index (χ4n) is 1.77. The summed E-state index contributed by atoms with van der Waals surface area (Å²) in [6, 6.07) is 3.98. The Hall–Kier alpha value is -2.50. The molecule has 0 spiro atoms. The molecule has 1 aromatic rings. The summed E-state index contributed by atoms with van der Waals surface area (Å²) in [4.78, 5) is 24.3. The van der Waals surface area contributed by atoms with Crippen LogP contribution in [0.2, 0.25) is 0 Å². The zero-order valence-electron chi connectivity index (χ0n) is 14.1. The van der Waals surface area contributed by atoms with Crippen LogP contribution in [0.15, 0.2) is 23.8 Å². The lowest BCUT2D eigenvalue weighted by atomic mass is 10.1. The first-order valence-electron chi connectivity index (χ1n) is 8.07. The molecule has 6 heteroatoms. The standard InChI is InChI=1S/C18H24O6/c1-3-5-9-23-17(21)14(18(22)24-10-6-4-2)11-13-7-8-15(19)16(20)12-13/h7-8,11-12,19-20H,3-6,9-10H2,1-2H3. The van der Waals surface area contributed by atoms with Crippen molar-refractivity contribution in [1.82, 2.24) is 0 Å². The smallest absolute Gasteiger partial charge is 0.345 e. The third-order valence-electron chi connectivity index (χ3n) is 3.21. The number of rotatable bonds is 9. The second-order valence-corrected chi connectivity index (χ2v) is 5.29. The summed E-state index contributed by atoms with van der Waals surface area (Å²) in [6.07, 6.45) is 4.40. The zero-order chi connectivity index (χ0) is 17.9. The number of unbranched alkanes of at least 4 members (excludes halogenated alkanes) is 2. The van der Waals surface area contributed by atoms with E-state index in [0.717, 1.165) is 12.8 Å². The lowest BCUT2D eigenvalue weighted by Gasteiger charge is -2.09. The number of aromatic hydroxyl groups is 2. The SMILES string of the molecule is CCCCOC(=O)C(=Cc1ccc(O)c(O)c1)C(=O)OCCCC. The van der Waals surface area contributed by atoms with E-state index in [4.69, 9.17) is 9.47 Å². The number of ether oxygens (including phenoxy) is 2. The molecule has 0 fully saturated rings. The van der Waals surface area contributed by atoms with E-state index in [-0.39, 0.29) is 30.3 Å². The van der Waals surface area contributed by atoms with Crippen molar-refractivity contribution in [3.8, 4) is 11.5 Å². The molecule has 0 radical (unpaired) electrons. The monoisotopic (exact) mass is 336 g/mol. The van der Waals surface area contributed by atoms with Crippen LogP contribution in [0.4, 0.5) is 0 Å². The molecule has 0 saturated carbocycles. The number of esters is 2. The van der Waals surface area contributed by atoms with Crippen LogP contribution in [-0.4, -0.2) is 35.4 Å². The number of phenols is 2. The van der Waals surface area contributed by atoms with Crippen LogP contribution in [0.1, 0.15) is 45.1 Å². The fourth-order valence-corrected chi connectivity index (χ4v) is 1.77. The topological polar surface area (TPSA) is 93.1 Å². The largest absolute Gasteiger partial charge is 0.504 e. The first-order valence-corrected chi connectivity index (χ1v) is 8.07. The van der Waals surface area contributed by atoms with Crippen LogP contribution >= 0.6 is 0 Å². The second-order valence-electron chi connectivity index (χ2n) is 5.29. The molecule has 6 nitrogen and oxygen atoms in total. The number of hydrogen-bond acceptors (Lipinski definition) is 6. The van der Waals surface area contributed by atoms with Gasteiger partial charge in [0.05, 0.1) is 13.2 Å². The molecule has 0 bridgehead atoms. The Bertz CT molecular complexity index is 567. The Morgan fingerprint density at radius 1 is 0.958 bits per heavy atom. The van der Waals surface area contributed by atoms with Crippen LogP contribution in [0.25, 0.3) is 6.08 Å². The molecule has 0 amide bonds. The molecule has 1 aromatic carbocycles. The summed E-state index contributed by atoms with van der Waals surface area (Å²) in [7, 11) is 0. The van der Waals surface area contributed by atoms with E-state index in [2.05, 4.69) is 0 Å². The van der Waals surface area contributed by atoms with Gasteiger partial charge in [0, 0.05) is 0 Å². The van der Waals surface area contributed by atoms with Gasteiger partial charge in [0.25, 0.3) is 0 Å². The maximum Gasteiger partial charge on any atom is 0.345 e. The molecule has 132 valence electrons. The van der Waals surface area contributed by atoms with Crippen molar-refractivity contribution < 1.29 is 29.3 Å². The number of hydrogen-bond donors (Lipinski definition) is 2. The summed E-state index contributed by atoms with van der Waals surface area (Å²) in [5.74, 6) is -2.17. The predicted octanol–water partition coefficient (Wildman–Crippen LogP) is 3.17. The van der Waals surface area contributed by atoms with Crippen LogP contribution in [0, 0.1) is 0 Å². The molecule has 0 heterocycles. The molecule has 0 aliphatic carbocycles. The highest BCUT2D eigenvalue weighted by Gasteiger charge is 2.21. The van der Waals surface area contributed by atoms with Crippen molar-refractivity contribution in [2.24, 2.45) is 0 Å². The van der Waals surface area contributed by atoms with E-state index in [1.807, 2.05) is 13.8 Å². The van der Waals surface area contributed by atoms with Crippen molar-refractivity contribution in [1.29, 1.82) is 0 Å². The first kappa shape index (κ1) is 19.5. The quantitative estimate of drug-likeness (QED) is 0.180. The molecule has 0 aromatic heterocycles. The van der Waals surface area contributed by atoms with Gasteiger partial charge in [0.2, 0.25) is 0 Å². The molecule has 0 unspecified atom stereocenters. The third-order valence-corrected chi connectivity index (χ3v) is 3.21. The Morgan fingerprint density at radius 3 is 1.96 bits per heavy atom. The summed E-state index contributed by atoms with van der Waals surface area (Å²) in [5, 5.41) is 18.9. The van der Waals surface area contributed by atoms with Gasteiger partial charge in [-0.1, -0.05) is 32.8 Å².